The van der Waals surface area contributed by atoms with Crippen molar-refractivity contribution in [1.82, 2.24) is 9.88 Å². The average molecular weight is 304 g/mol. The highest BCUT2D eigenvalue weighted by Crippen LogP contribution is 2.20. The number of hydrogen-bond acceptors (Lipinski definition) is 4. The normalized spacial score (nSPS) is 17.9. The number of sulfone groups is 1. The van der Waals surface area contributed by atoms with Crippen LogP contribution in [0.5, 0.6) is 0 Å². The van der Waals surface area contributed by atoms with Gasteiger partial charge in [0.05, 0.1) is 22.6 Å². The molecule has 1 saturated heterocycles. The molecule has 1 amide bonds. The van der Waals surface area contributed by atoms with Gasteiger partial charge in [0.15, 0.2) is 9.84 Å². The number of benzene rings is 1. The van der Waals surface area contributed by atoms with Crippen LogP contribution in [0.4, 0.5) is 0 Å². The van der Waals surface area contributed by atoms with Gasteiger partial charge in [-0.2, -0.15) is 0 Å². The fourth-order valence-electron chi connectivity index (χ4n) is 2.50. The lowest BCUT2D eigenvalue weighted by atomic mass is 10.1. The summed E-state index contributed by atoms with van der Waals surface area (Å²) in [6.07, 6.45) is 0. The minimum atomic E-state index is -2.99. The predicted octanol–water partition coefficient (Wildman–Crippen LogP) is 1.41. The van der Waals surface area contributed by atoms with E-state index in [1.807, 2.05) is 31.2 Å². The highest BCUT2D eigenvalue weighted by molar-refractivity contribution is 7.91. The van der Waals surface area contributed by atoms with Gasteiger partial charge in [0.25, 0.3) is 5.91 Å². The molecule has 5 nitrogen and oxygen atoms in total. The van der Waals surface area contributed by atoms with Crippen LogP contribution in [0.25, 0.3) is 10.9 Å². The Hall–Kier alpha value is -1.95. The summed E-state index contributed by atoms with van der Waals surface area (Å²) in [5.41, 5.74) is 2.07. The van der Waals surface area contributed by atoms with Gasteiger partial charge in [-0.1, -0.05) is 18.2 Å². The molecule has 1 aliphatic rings. The van der Waals surface area contributed by atoms with E-state index in [1.54, 1.807) is 11.0 Å². The Balaban J connectivity index is 1.97. The number of aryl methyl sites for hydroxylation is 1. The molecule has 1 aromatic carbocycles. The largest absolute Gasteiger partial charge is 0.337 e. The number of nitrogens with zero attached hydrogens (tertiary/aromatic N) is 2. The molecule has 2 aromatic rings. The Labute approximate surface area is 123 Å². The molecule has 0 radical (unpaired) electrons. The molecule has 0 saturated carbocycles. The molecular formula is C15H16N2O3S. The number of pyridine rings is 1. The maximum Gasteiger partial charge on any atom is 0.256 e. The Bertz CT molecular complexity index is 801. The lowest BCUT2D eigenvalue weighted by molar-refractivity contribution is 0.0772. The van der Waals surface area contributed by atoms with Crippen LogP contribution >= 0.6 is 0 Å². The smallest absolute Gasteiger partial charge is 0.256 e. The number of carbonyl (C=O) groups is 1. The van der Waals surface area contributed by atoms with Crippen LogP contribution in [0.1, 0.15) is 16.1 Å². The van der Waals surface area contributed by atoms with Gasteiger partial charge in [0.2, 0.25) is 0 Å². The highest BCUT2D eigenvalue weighted by atomic mass is 32.2. The van der Waals surface area contributed by atoms with Crippen molar-refractivity contribution in [2.45, 2.75) is 6.92 Å². The van der Waals surface area contributed by atoms with Crippen molar-refractivity contribution in [3.8, 4) is 0 Å². The molecule has 21 heavy (non-hydrogen) atoms. The van der Waals surface area contributed by atoms with Crippen LogP contribution in [0.15, 0.2) is 30.3 Å². The van der Waals surface area contributed by atoms with E-state index >= 15 is 0 Å². The number of carbonyl (C=O) groups excluding carboxylic acids is 1. The summed E-state index contributed by atoms with van der Waals surface area (Å²) in [6, 6.07) is 9.34. The maximum atomic E-state index is 12.6. The predicted molar refractivity (Wildman–Crippen MR) is 81.0 cm³/mol. The van der Waals surface area contributed by atoms with Crippen LogP contribution in [0, 0.1) is 6.92 Å². The zero-order valence-electron chi connectivity index (χ0n) is 11.7. The number of fused-ring (bicyclic) bond motifs is 1. The molecule has 1 aromatic heterocycles. The standard InChI is InChI=1S/C15H16N2O3S/c1-11-5-6-12-3-2-4-13(14(12)16-11)15(18)17-7-9-21(19,20)10-8-17/h2-6H,7-10H2,1H3. The van der Waals surface area contributed by atoms with Gasteiger partial charge in [-0.3, -0.25) is 9.78 Å². The molecule has 1 aliphatic heterocycles. The highest BCUT2D eigenvalue weighted by Gasteiger charge is 2.26. The molecule has 0 N–H and O–H groups in total. The molecule has 110 valence electrons. The van der Waals surface area contributed by atoms with Gasteiger partial charge in [-0.25, -0.2) is 8.42 Å². The van der Waals surface area contributed by atoms with Crippen molar-refractivity contribution >= 4 is 26.6 Å². The van der Waals surface area contributed by atoms with E-state index in [-0.39, 0.29) is 30.5 Å². The molecule has 0 atom stereocenters. The summed E-state index contributed by atoms with van der Waals surface area (Å²) in [5.74, 6) is -0.0695. The first-order valence-corrected chi connectivity index (χ1v) is 8.64. The number of aromatic nitrogens is 1. The van der Waals surface area contributed by atoms with Gasteiger partial charge in [0.1, 0.15) is 0 Å². The first kappa shape index (κ1) is 14.0. The molecule has 3 rings (SSSR count). The molecule has 2 heterocycles. The Kier molecular flexibility index (Phi) is 3.41. The molecule has 0 bridgehead atoms. The second-order valence-electron chi connectivity index (χ2n) is 5.27. The summed E-state index contributed by atoms with van der Waals surface area (Å²) in [6.45, 7) is 2.39. The van der Waals surface area contributed by atoms with Crippen LogP contribution in [0.2, 0.25) is 0 Å². The minimum Gasteiger partial charge on any atom is -0.337 e. The van der Waals surface area contributed by atoms with E-state index in [0.717, 1.165) is 11.1 Å². The first-order valence-electron chi connectivity index (χ1n) is 6.82. The van der Waals surface area contributed by atoms with Crippen molar-refractivity contribution in [3.05, 3.63) is 41.6 Å². The van der Waals surface area contributed by atoms with E-state index in [0.29, 0.717) is 11.1 Å². The Morgan fingerprint density at radius 3 is 2.57 bits per heavy atom. The molecule has 0 aliphatic carbocycles. The average Bonchev–Trinajstić information content (AvgIpc) is 2.46. The van der Waals surface area contributed by atoms with Crippen molar-refractivity contribution in [1.29, 1.82) is 0 Å². The number of amides is 1. The van der Waals surface area contributed by atoms with Gasteiger partial charge >= 0.3 is 0 Å². The van der Waals surface area contributed by atoms with Crippen LogP contribution < -0.4 is 0 Å². The maximum absolute atomic E-state index is 12.6. The Morgan fingerprint density at radius 1 is 1.14 bits per heavy atom. The second-order valence-corrected chi connectivity index (χ2v) is 7.58. The Morgan fingerprint density at radius 2 is 1.86 bits per heavy atom. The fourth-order valence-corrected chi connectivity index (χ4v) is 3.70. The third kappa shape index (κ3) is 2.76. The zero-order valence-corrected chi connectivity index (χ0v) is 12.6. The van der Waals surface area contributed by atoms with Crippen molar-refractivity contribution in [2.24, 2.45) is 0 Å². The monoisotopic (exact) mass is 304 g/mol. The molecular weight excluding hydrogens is 288 g/mol. The van der Waals surface area contributed by atoms with E-state index in [2.05, 4.69) is 4.98 Å². The first-order chi connectivity index (χ1) is 9.96. The molecule has 1 fully saturated rings. The number of para-hydroxylation sites is 1. The molecule has 6 heteroatoms. The summed E-state index contributed by atoms with van der Waals surface area (Å²) in [5, 5.41) is 0.913. The summed E-state index contributed by atoms with van der Waals surface area (Å²) < 4.78 is 22.9. The van der Waals surface area contributed by atoms with Gasteiger partial charge in [0, 0.05) is 24.2 Å². The third-order valence-corrected chi connectivity index (χ3v) is 5.33. The molecule has 0 unspecified atom stereocenters. The summed E-state index contributed by atoms with van der Waals surface area (Å²) in [4.78, 5) is 18.7. The molecule has 0 spiro atoms. The van der Waals surface area contributed by atoms with Crippen LogP contribution in [-0.4, -0.2) is 48.8 Å². The SMILES string of the molecule is Cc1ccc2cccc(C(=O)N3CCS(=O)(=O)CC3)c2n1. The lowest BCUT2D eigenvalue weighted by Crippen LogP contribution is -2.43. The lowest BCUT2D eigenvalue weighted by Gasteiger charge is -2.27. The van der Waals surface area contributed by atoms with E-state index in [1.165, 1.54) is 0 Å². The summed E-state index contributed by atoms with van der Waals surface area (Å²) in [7, 11) is -2.99. The zero-order chi connectivity index (χ0) is 15.0. The van der Waals surface area contributed by atoms with E-state index < -0.39 is 9.84 Å². The van der Waals surface area contributed by atoms with Gasteiger partial charge < -0.3 is 4.90 Å². The van der Waals surface area contributed by atoms with Crippen LogP contribution in [0.3, 0.4) is 0 Å². The number of rotatable bonds is 1. The third-order valence-electron chi connectivity index (χ3n) is 3.72. The van der Waals surface area contributed by atoms with Gasteiger partial charge in [-0.15, -0.1) is 0 Å². The van der Waals surface area contributed by atoms with Crippen molar-refractivity contribution in [2.75, 3.05) is 24.6 Å². The summed E-state index contributed by atoms with van der Waals surface area (Å²) >= 11 is 0. The van der Waals surface area contributed by atoms with E-state index in [9.17, 15) is 13.2 Å². The van der Waals surface area contributed by atoms with E-state index in [4.69, 9.17) is 0 Å². The minimum absolute atomic E-state index is 0.0377. The van der Waals surface area contributed by atoms with Crippen LogP contribution in [-0.2, 0) is 9.84 Å². The van der Waals surface area contributed by atoms with Crippen molar-refractivity contribution < 1.29 is 13.2 Å². The quantitative estimate of drug-likeness (QED) is 0.799. The van der Waals surface area contributed by atoms with Crippen molar-refractivity contribution in [3.63, 3.8) is 0 Å². The fraction of sp³-hybridized carbons (Fsp3) is 0.333. The second kappa shape index (κ2) is 5.11. The van der Waals surface area contributed by atoms with Gasteiger partial charge in [-0.05, 0) is 19.1 Å². The topological polar surface area (TPSA) is 67.3 Å². The number of hydrogen-bond donors (Lipinski definition) is 0.